The van der Waals surface area contributed by atoms with Crippen LogP contribution in [-0.2, 0) is 9.53 Å². The standard InChI is InChI=1S/C14H21N3O3/c1-9-10(13(19)20-5)6-7-11(16-9)15-8-12(18)17-14(2,3)4/h6-7H,8H2,1-5H3,(H,15,16)(H,17,18). The summed E-state index contributed by atoms with van der Waals surface area (Å²) in [6.45, 7) is 7.59. The first-order chi connectivity index (χ1) is 9.23. The van der Waals surface area contributed by atoms with Crippen molar-refractivity contribution in [3.05, 3.63) is 23.4 Å². The Morgan fingerprint density at radius 1 is 1.30 bits per heavy atom. The lowest BCUT2D eigenvalue weighted by Crippen LogP contribution is -2.43. The molecule has 1 heterocycles. The maximum absolute atomic E-state index is 11.7. The van der Waals surface area contributed by atoms with Gasteiger partial charge in [0.1, 0.15) is 5.82 Å². The number of methoxy groups -OCH3 is 1. The molecule has 0 radical (unpaired) electrons. The molecule has 1 amide bonds. The fourth-order valence-corrected chi connectivity index (χ4v) is 1.62. The van der Waals surface area contributed by atoms with Gasteiger partial charge in [-0.3, -0.25) is 4.79 Å². The number of carbonyl (C=O) groups excluding carboxylic acids is 2. The van der Waals surface area contributed by atoms with Crippen LogP contribution in [0.5, 0.6) is 0 Å². The van der Waals surface area contributed by atoms with E-state index in [1.54, 1.807) is 19.1 Å². The Labute approximate surface area is 118 Å². The van der Waals surface area contributed by atoms with Crippen LogP contribution in [0, 0.1) is 6.92 Å². The van der Waals surface area contributed by atoms with Gasteiger partial charge in [0.05, 0.1) is 24.9 Å². The molecule has 6 nitrogen and oxygen atoms in total. The second-order valence-corrected chi connectivity index (χ2v) is 5.47. The van der Waals surface area contributed by atoms with Gasteiger partial charge in [0.25, 0.3) is 0 Å². The number of nitrogens with zero attached hydrogens (tertiary/aromatic N) is 1. The van der Waals surface area contributed by atoms with Crippen molar-refractivity contribution in [1.29, 1.82) is 0 Å². The maximum Gasteiger partial charge on any atom is 0.339 e. The van der Waals surface area contributed by atoms with Crippen LogP contribution in [0.2, 0.25) is 0 Å². The summed E-state index contributed by atoms with van der Waals surface area (Å²) in [6, 6.07) is 3.27. The van der Waals surface area contributed by atoms with Crippen LogP contribution in [0.3, 0.4) is 0 Å². The quantitative estimate of drug-likeness (QED) is 0.816. The van der Waals surface area contributed by atoms with E-state index in [0.29, 0.717) is 17.1 Å². The van der Waals surface area contributed by atoms with E-state index in [0.717, 1.165) is 0 Å². The Morgan fingerprint density at radius 2 is 1.95 bits per heavy atom. The first-order valence-electron chi connectivity index (χ1n) is 6.34. The van der Waals surface area contributed by atoms with Crippen molar-refractivity contribution in [3.63, 3.8) is 0 Å². The number of nitrogens with one attached hydrogen (secondary N) is 2. The molecule has 2 N–H and O–H groups in total. The minimum Gasteiger partial charge on any atom is -0.465 e. The van der Waals surface area contributed by atoms with Crippen LogP contribution in [0.15, 0.2) is 12.1 Å². The number of amides is 1. The van der Waals surface area contributed by atoms with Crippen LogP contribution in [-0.4, -0.2) is 36.1 Å². The molecule has 1 aromatic rings. The molecule has 0 aliphatic heterocycles. The van der Waals surface area contributed by atoms with Gasteiger partial charge < -0.3 is 15.4 Å². The number of aromatic nitrogens is 1. The third-order valence-electron chi connectivity index (χ3n) is 2.44. The minimum atomic E-state index is -0.424. The number of hydrogen-bond acceptors (Lipinski definition) is 5. The molecule has 0 atom stereocenters. The highest BCUT2D eigenvalue weighted by Crippen LogP contribution is 2.11. The van der Waals surface area contributed by atoms with Gasteiger partial charge in [0.2, 0.25) is 5.91 Å². The number of esters is 1. The summed E-state index contributed by atoms with van der Waals surface area (Å²) in [5, 5.41) is 5.76. The summed E-state index contributed by atoms with van der Waals surface area (Å²) in [5.41, 5.74) is 0.701. The van der Waals surface area contributed by atoms with Crippen molar-refractivity contribution < 1.29 is 14.3 Å². The molecule has 0 aliphatic carbocycles. The van der Waals surface area contributed by atoms with Crippen molar-refractivity contribution in [2.75, 3.05) is 19.0 Å². The van der Waals surface area contributed by atoms with Crippen LogP contribution in [0.25, 0.3) is 0 Å². The normalized spacial score (nSPS) is 10.8. The topological polar surface area (TPSA) is 80.3 Å². The molecule has 0 aromatic carbocycles. The SMILES string of the molecule is COC(=O)c1ccc(NCC(=O)NC(C)(C)C)nc1C. The fourth-order valence-electron chi connectivity index (χ4n) is 1.62. The zero-order chi connectivity index (χ0) is 15.3. The third kappa shape index (κ3) is 4.87. The van der Waals surface area contributed by atoms with Crippen LogP contribution >= 0.6 is 0 Å². The lowest BCUT2D eigenvalue weighted by molar-refractivity contribution is -0.120. The molecule has 0 saturated heterocycles. The minimum absolute atomic E-state index is 0.117. The zero-order valence-corrected chi connectivity index (χ0v) is 12.5. The second-order valence-electron chi connectivity index (χ2n) is 5.47. The first kappa shape index (κ1) is 15.9. The van der Waals surface area contributed by atoms with E-state index in [1.165, 1.54) is 7.11 Å². The predicted molar refractivity (Wildman–Crippen MR) is 76.7 cm³/mol. The molecule has 1 rings (SSSR count). The summed E-state index contributed by atoms with van der Waals surface area (Å²) in [4.78, 5) is 27.3. The van der Waals surface area contributed by atoms with Crippen molar-refractivity contribution in [2.45, 2.75) is 33.2 Å². The summed E-state index contributed by atoms with van der Waals surface area (Å²) in [5.74, 6) is 0.000218. The second kappa shape index (κ2) is 6.36. The largest absolute Gasteiger partial charge is 0.465 e. The summed E-state index contributed by atoms with van der Waals surface area (Å²) < 4.78 is 4.65. The van der Waals surface area contributed by atoms with Gasteiger partial charge in [0.15, 0.2) is 0 Å². The number of carbonyl (C=O) groups is 2. The van der Waals surface area contributed by atoms with Gasteiger partial charge in [-0.15, -0.1) is 0 Å². The Balaban J connectivity index is 2.64. The number of ether oxygens (including phenoxy) is 1. The molecule has 6 heteroatoms. The molecular formula is C14H21N3O3. The van der Waals surface area contributed by atoms with Crippen molar-refractivity contribution in [1.82, 2.24) is 10.3 Å². The van der Waals surface area contributed by atoms with Gasteiger partial charge in [-0.2, -0.15) is 0 Å². The Bertz CT molecular complexity index is 507. The van der Waals surface area contributed by atoms with Gasteiger partial charge in [-0.25, -0.2) is 9.78 Å². The highest BCUT2D eigenvalue weighted by molar-refractivity contribution is 5.90. The van der Waals surface area contributed by atoms with E-state index in [-0.39, 0.29) is 18.0 Å². The van der Waals surface area contributed by atoms with Crippen molar-refractivity contribution >= 4 is 17.7 Å². The van der Waals surface area contributed by atoms with E-state index >= 15 is 0 Å². The Kier molecular flexibility index (Phi) is 5.07. The molecule has 0 bridgehead atoms. The molecule has 1 aromatic heterocycles. The number of hydrogen-bond donors (Lipinski definition) is 2. The van der Waals surface area contributed by atoms with Crippen LogP contribution < -0.4 is 10.6 Å². The van der Waals surface area contributed by atoms with E-state index in [2.05, 4.69) is 20.4 Å². The third-order valence-corrected chi connectivity index (χ3v) is 2.44. The highest BCUT2D eigenvalue weighted by Gasteiger charge is 2.14. The molecular weight excluding hydrogens is 258 g/mol. The maximum atomic E-state index is 11.7. The summed E-state index contributed by atoms with van der Waals surface area (Å²) in [6.07, 6.45) is 0. The smallest absolute Gasteiger partial charge is 0.339 e. The van der Waals surface area contributed by atoms with Crippen molar-refractivity contribution in [2.24, 2.45) is 0 Å². The Morgan fingerprint density at radius 3 is 2.45 bits per heavy atom. The van der Waals surface area contributed by atoms with E-state index < -0.39 is 5.97 Å². The van der Waals surface area contributed by atoms with Crippen LogP contribution in [0.1, 0.15) is 36.8 Å². The molecule has 0 aliphatic rings. The molecule has 0 spiro atoms. The lowest BCUT2D eigenvalue weighted by atomic mass is 10.1. The van der Waals surface area contributed by atoms with Gasteiger partial charge in [-0.1, -0.05) is 0 Å². The van der Waals surface area contributed by atoms with E-state index in [1.807, 2.05) is 20.8 Å². The molecule has 0 unspecified atom stereocenters. The number of anilines is 1. The van der Waals surface area contributed by atoms with Crippen molar-refractivity contribution in [3.8, 4) is 0 Å². The Hall–Kier alpha value is -2.11. The predicted octanol–water partition coefficient (Wildman–Crippen LogP) is 1.50. The molecule has 20 heavy (non-hydrogen) atoms. The average Bonchev–Trinajstić information content (AvgIpc) is 2.33. The van der Waals surface area contributed by atoms with Gasteiger partial charge >= 0.3 is 5.97 Å². The lowest BCUT2D eigenvalue weighted by Gasteiger charge is -2.20. The summed E-state index contributed by atoms with van der Waals surface area (Å²) in [7, 11) is 1.32. The molecule has 110 valence electrons. The zero-order valence-electron chi connectivity index (χ0n) is 12.5. The molecule has 0 fully saturated rings. The first-order valence-corrected chi connectivity index (χ1v) is 6.34. The highest BCUT2D eigenvalue weighted by atomic mass is 16.5. The van der Waals surface area contributed by atoms with E-state index in [4.69, 9.17) is 0 Å². The average molecular weight is 279 g/mol. The van der Waals surface area contributed by atoms with Crippen LogP contribution in [0.4, 0.5) is 5.82 Å². The number of pyridine rings is 1. The monoisotopic (exact) mass is 279 g/mol. The van der Waals surface area contributed by atoms with E-state index in [9.17, 15) is 9.59 Å². The number of aryl methyl sites for hydroxylation is 1. The summed E-state index contributed by atoms with van der Waals surface area (Å²) >= 11 is 0. The van der Waals surface area contributed by atoms with Gasteiger partial charge in [-0.05, 0) is 39.8 Å². The fraction of sp³-hybridized carbons (Fsp3) is 0.500. The molecule has 0 saturated carbocycles. The number of rotatable bonds is 4. The van der Waals surface area contributed by atoms with Gasteiger partial charge in [0, 0.05) is 5.54 Å².